The molecule has 214 valence electrons. The highest BCUT2D eigenvalue weighted by atomic mass is 15.0. The average molecular weight is 586 g/mol. The van der Waals surface area contributed by atoms with E-state index in [2.05, 4.69) is 161 Å². The summed E-state index contributed by atoms with van der Waals surface area (Å²) in [5, 5.41) is 14.6. The van der Waals surface area contributed by atoms with Gasteiger partial charge in [0, 0.05) is 32.9 Å². The molecule has 46 heavy (non-hydrogen) atoms. The van der Waals surface area contributed by atoms with E-state index in [0.29, 0.717) is 5.56 Å². The van der Waals surface area contributed by atoms with E-state index in [1.807, 2.05) is 18.2 Å². The zero-order chi connectivity index (χ0) is 30.6. The maximum Gasteiger partial charge on any atom is 0.0991 e. The third-order valence-electron chi connectivity index (χ3n) is 9.09. The second-order valence-electron chi connectivity index (χ2n) is 11.7. The number of para-hydroxylation sites is 3. The van der Waals surface area contributed by atoms with Gasteiger partial charge in [-0.15, -0.1) is 0 Å². The SMILES string of the molecule is N#Cc1cccc(-c2cc(-c3ccccc3)cc(-n3c4ccccc4c4c3ccc3c5ccccc5n(-c5ccccc5)c34)c2)c1. The minimum Gasteiger partial charge on any atom is -0.309 e. The van der Waals surface area contributed by atoms with Crippen LogP contribution in [0.15, 0.2) is 164 Å². The van der Waals surface area contributed by atoms with Crippen LogP contribution < -0.4 is 0 Å². The van der Waals surface area contributed by atoms with Crippen molar-refractivity contribution in [2.75, 3.05) is 0 Å². The van der Waals surface area contributed by atoms with Crippen molar-refractivity contribution in [3.05, 3.63) is 169 Å². The van der Waals surface area contributed by atoms with Gasteiger partial charge in [0.15, 0.2) is 0 Å². The molecule has 9 rings (SSSR count). The van der Waals surface area contributed by atoms with E-state index in [-0.39, 0.29) is 0 Å². The first-order valence-electron chi connectivity index (χ1n) is 15.5. The predicted octanol–water partition coefficient (Wildman–Crippen LogP) is 11.1. The predicted molar refractivity (Wildman–Crippen MR) is 191 cm³/mol. The van der Waals surface area contributed by atoms with Gasteiger partial charge in [0.2, 0.25) is 0 Å². The van der Waals surface area contributed by atoms with Crippen molar-refractivity contribution in [1.82, 2.24) is 9.13 Å². The van der Waals surface area contributed by atoms with Gasteiger partial charge >= 0.3 is 0 Å². The molecule has 0 unspecified atom stereocenters. The van der Waals surface area contributed by atoms with E-state index in [9.17, 15) is 5.26 Å². The number of nitrogens with zero attached hydrogens (tertiary/aromatic N) is 3. The van der Waals surface area contributed by atoms with E-state index in [1.54, 1.807) is 0 Å². The van der Waals surface area contributed by atoms with Crippen LogP contribution >= 0.6 is 0 Å². The van der Waals surface area contributed by atoms with Crippen LogP contribution in [-0.4, -0.2) is 9.13 Å². The molecule has 0 aliphatic carbocycles. The summed E-state index contributed by atoms with van der Waals surface area (Å²) in [5.74, 6) is 0. The lowest BCUT2D eigenvalue weighted by molar-refractivity contribution is 1.17. The van der Waals surface area contributed by atoms with Crippen molar-refractivity contribution < 1.29 is 0 Å². The van der Waals surface area contributed by atoms with Crippen molar-refractivity contribution in [2.24, 2.45) is 0 Å². The summed E-state index contributed by atoms with van der Waals surface area (Å²) in [6.07, 6.45) is 0. The molecule has 0 saturated carbocycles. The fraction of sp³-hybridized carbons (Fsp3) is 0. The minimum atomic E-state index is 0.650. The van der Waals surface area contributed by atoms with Crippen LogP contribution in [0.3, 0.4) is 0 Å². The van der Waals surface area contributed by atoms with Gasteiger partial charge in [-0.3, -0.25) is 0 Å². The minimum absolute atomic E-state index is 0.650. The highest BCUT2D eigenvalue weighted by Crippen LogP contribution is 2.42. The molecular weight excluding hydrogens is 558 g/mol. The van der Waals surface area contributed by atoms with Gasteiger partial charge < -0.3 is 9.13 Å². The molecule has 2 aromatic heterocycles. The van der Waals surface area contributed by atoms with E-state index in [1.165, 1.54) is 32.6 Å². The van der Waals surface area contributed by atoms with Crippen LogP contribution in [0.5, 0.6) is 0 Å². The average Bonchev–Trinajstić information content (AvgIpc) is 3.65. The molecule has 0 atom stereocenters. The smallest absolute Gasteiger partial charge is 0.0991 e. The van der Waals surface area contributed by atoms with Crippen molar-refractivity contribution in [3.8, 4) is 39.7 Å². The summed E-state index contributed by atoms with van der Waals surface area (Å²) < 4.78 is 4.82. The Hall–Kier alpha value is -6.37. The van der Waals surface area contributed by atoms with Gasteiger partial charge in [0.05, 0.1) is 33.7 Å². The summed E-state index contributed by atoms with van der Waals surface area (Å²) >= 11 is 0. The number of aromatic nitrogens is 2. The first-order chi connectivity index (χ1) is 22.8. The lowest BCUT2D eigenvalue weighted by atomic mass is 9.97. The highest BCUT2D eigenvalue weighted by molar-refractivity contribution is 6.26. The number of nitriles is 1. The first-order valence-corrected chi connectivity index (χ1v) is 15.5. The van der Waals surface area contributed by atoms with Crippen LogP contribution in [0.25, 0.3) is 77.2 Å². The molecule has 0 radical (unpaired) electrons. The zero-order valence-electron chi connectivity index (χ0n) is 24.9. The quantitative estimate of drug-likeness (QED) is 0.202. The first kappa shape index (κ1) is 26.1. The Balaban J connectivity index is 1.42. The van der Waals surface area contributed by atoms with Crippen LogP contribution in [0, 0.1) is 11.3 Å². The Labute approximate surface area is 266 Å². The molecule has 0 spiro atoms. The summed E-state index contributed by atoms with van der Waals surface area (Å²) in [6, 6.07) is 60.2. The van der Waals surface area contributed by atoms with Crippen LogP contribution in [-0.2, 0) is 0 Å². The second-order valence-corrected chi connectivity index (χ2v) is 11.7. The Kier molecular flexibility index (Phi) is 5.88. The molecule has 3 heteroatoms. The molecule has 3 nitrogen and oxygen atoms in total. The topological polar surface area (TPSA) is 33.6 Å². The molecule has 0 fully saturated rings. The number of fused-ring (bicyclic) bond motifs is 7. The van der Waals surface area contributed by atoms with Crippen LogP contribution in [0.4, 0.5) is 0 Å². The lowest BCUT2D eigenvalue weighted by Gasteiger charge is -2.14. The van der Waals surface area contributed by atoms with Crippen LogP contribution in [0.2, 0.25) is 0 Å². The number of hydrogen-bond donors (Lipinski definition) is 0. The maximum absolute atomic E-state index is 9.67. The standard InChI is InChI=1S/C43H27N3/c44-28-29-12-11-15-31(24-29)33-25-32(30-13-3-1-4-14-30)26-35(27-33)45-40-21-10-8-19-38(40)42-41(45)23-22-37-36-18-7-9-20-39(36)46(43(37)42)34-16-5-2-6-17-34/h1-27H. The van der Waals surface area contributed by atoms with Crippen molar-refractivity contribution in [1.29, 1.82) is 5.26 Å². The van der Waals surface area contributed by atoms with Crippen molar-refractivity contribution in [2.45, 2.75) is 0 Å². The Morgan fingerprint density at radius 2 is 1.02 bits per heavy atom. The fourth-order valence-electron chi connectivity index (χ4n) is 7.10. The van der Waals surface area contributed by atoms with E-state index in [0.717, 1.165) is 44.7 Å². The van der Waals surface area contributed by atoms with Gasteiger partial charge in [0.25, 0.3) is 0 Å². The number of benzene rings is 7. The number of hydrogen-bond acceptors (Lipinski definition) is 1. The normalized spacial score (nSPS) is 11.5. The molecule has 0 aliphatic rings. The molecule has 7 aromatic carbocycles. The summed E-state index contributed by atoms with van der Waals surface area (Å²) in [7, 11) is 0. The van der Waals surface area contributed by atoms with E-state index in [4.69, 9.17) is 0 Å². The van der Waals surface area contributed by atoms with Crippen LogP contribution in [0.1, 0.15) is 5.56 Å². The molecular formula is C43H27N3. The maximum atomic E-state index is 9.67. The molecule has 0 N–H and O–H groups in total. The highest BCUT2D eigenvalue weighted by Gasteiger charge is 2.21. The fourth-order valence-corrected chi connectivity index (χ4v) is 7.10. The van der Waals surface area contributed by atoms with E-state index >= 15 is 0 Å². The zero-order valence-corrected chi connectivity index (χ0v) is 24.9. The third kappa shape index (κ3) is 3.98. The summed E-state index contributed by atoms with van der Waals surface area (Å²) in [6.45, 7) is 0. The van der Waals surface area contributed by atoms with Gasteiger partial charge in [-0.2, -0.15) is 5.26 Å². The molecule has 9 aromatic rings. The third-order valence-corrected chi connectivity index (χ3v) is 9.09. The number of rotatable bonds is 4. The van der Waals surface area contributed by atoms with E-state index < -0.39 is 0 Å². The molecule has 2 heterocycles. The lowest BCUT2D eigenvalue weighted by Crippen LogP contribution is -1.97. The monoisotopic (exact) mass is 585 g/mol. The molecule has 0 amide bonds. The summed E-state index contributed by atoms with van der Waals surface area (Å²) in [4.78, 5) is 0. The molecule has 0 aliphatic heterocycles. The summed E-state index contributed by atoms with van der Waals surface area (Å²) in [5.41, 5.74) is 11.9. The van der Waals surface area contributed by atoms with Gasteiger partial charge in [-0.25, -0.2) is 0 Å². The van der Waals surface area contributed by atoms with Gasteiger partial charge in [0.1, 0.15) is 0 Å². The Morgan fingerprint density at radius 1 is 0.391 bits per heavy atom. The largest absolute Gasteiger partial charge is 0.309 e. The Bertz CT molecular complexity index is 2630. The second kappa shape index (κ2) is 10.4. The van der Waals surface area contributed by atoms with Gasteiger partial charge in [-0.05, 0) is 82.9 Å². The molecule has 0 saturated heterocycles. The van der Waals surface area contributed by atoms with Gasteiger partial charge in [-0.1, -0.05) is 103 Å². The van der Waals surface area contributed by atoms with Crippen molar-refractivity contribution in [3.63, 3.8) is 0 Å². The Morgan fingerprint density at radius 3 is 1.78 bits per heavy atom. The molecule has 0 bridgehead atoms. The van der Waals surface area contributed by atoms with Crippen molar-refractivity contribution >= 4 is 43.6 Å².